The first kappa shape index (κ1) is 22.1. The standard InChI is InChI=1S/C21H21Cl2N3O4/c22-16-8-7-15(18(23)10-16)13-30-19-6-2-1-4-14(19)11-25-26-21(28)20(27)24-12-17-5-3-9-29-17/h1-2,4,6-8,10-11,17H,3,5,9,12-13H2,(H,24,27)(H,26,28)/b25-11-/t17-/m1/s1. The molecule has 1 saturated heterocycles. The molecule has 1 atom stereocenters. The maximum absolute atomic E-state index is 11.9. The number of ether oxygens (including phenoxy) is 2. The molecule has 0 aromatic heterocycles. The van der Waals surface area contributed by atoms with Crippen molar-refractivity contribution in [1.82, 2.24) is 10.7 Å². The predicted molar refractivity (Wildman–Crippen MR) is 115 cm³/mol. The summed E-state index contributed by atoms with van der Waals surface area (Å²) >= 11 is 12.1. The molecule has 1 aliphatic heterocycles. The normalized spacial score (nSPS) is 15.9. The van der Waals surface area contributed by atoms with Crippen LogP contribution in [0.15, 0.2) is 47.6 Å². The van der Waals surface area contributed by atoms with Gasteiger partial charge < -0.3 is 14.8 Å². The summed E-state index contributed by atoms with van der Waals surface area (Å²) in [6.07, 6.45) is 3.20. The molecular formula is C21H21Cl2N3O4. The molecule has 0 spiro atoms. The molecule has 1 aliphatic rings. The summed E-state index contributed by atoms with van der Waals surface area (Å²) in [4.78, 5) is 23.7. The van der Waals surface area contributed by atoms with Gasteiger partial charge in [-0.05, 0) is 37.1 Å². The van der Waals surface area contributed by atoms with Crippen molar-refractivity contribution >= 4 is 41.2 Å². The number of benzene rings is 2. The van der Waals surface area contributed by atoms with Gasteiger partial charge in [0.25, 0.3) is 0 Å². The van der Waals surface area contributed by atoms with Crippen molar-refractivity contribution < 1.29 is 19.1 Å². The second-order valence-electron chi connectivity index (χ2n) is 6.61. The number of rotatable bonds is 7. The zero-order valence-electron chi connectivity index (χ0n) is 16.1. The van der Waals surface area contributed by atoms with Crippen LogP contribution in [-0.2, 0) is 20.9 Å². The Morgan fingerprint density at radius 1 is 1.20 bits per heavy atom. The van der Waals surface area contributed by atoms with E-state index >= 15 is 0 Å². The van der Waals surface area contributed by atoms with E-state index in [0.29, 0.717) is 34.5 Å². The summed E-state index contributed by atoms with van der Waals surface area (Å²) in [5, 5.41) is 7.44. The molecule has 1 heterocycles. The Balaban J connectivity index is 1.52. The van der Waals surface area contributed by atoms with Gasteiger partial charge in [-0.25, -0.2) is 5.43 Å². The van der Waals surface area contributed by atoms with Gasteiger partial charge in [0.05, 0.1) is 12.3 Å². The summed E-state index contributed by atoms with van der Waals surface area (Å²) in [5.74, 6) is -1.07. The molecule has 2 aromatic carbocycles. The smallest absolute Gasteiger partial charge is 0.329 e. The fourth-order valence-corrected chi connectivity index (χ4v) is 3.28. The molecular weight excluding hydrogens is 429 g/mol. The van der Waals surface area contributed by atoms with Gasteiger partial charge in [-0.2, -0.15) is 5.10 Å². The number of para-hydroxylation sites is 1. The maximum Gasteiger partial charge on any atom is 0.329 e. The topological polar surface area (TPSA) is 89.0 Å². The lowest BCUT2D eigenvalue weighted by Gasteiger charge is -2.10. The van der Waals surface area contributed by atoms with Crippen molar-refractivity contribution in [1.29, 1.82) is 0 Å². The van der Waals surface area contributed by atoms with Gasteiger partial charge in [0.2, 0.25) is 0 Å². The summed E-state index contributed by atoms with van der Waals surface area (Å²) in [6, 6.07) is 12.3. The maximum atomic E-state index is 11.9. The third kappa shape index (κ3) is 6.45. The Kier molecular flexibility index (Phi) is 8.07. The Morgan fingerprint density at radius 2 is 2.03 bits per heavy atom. The molecule has 7 nitrogen and oxygen atoms in total. The van der Waals surface area contributed by atoms with Gasteiger partial charge >= 0.3 is 11.8 Å². The van der Waals surface area contributed by atoms with Crippen LogP contribution in [0.5, 0.6) is 5.75 Å². The molecule has 0 saturated carbocycles. The molecule has 30 heavy (non-hydrogen) atoms. The van der Waals surface area contributed by atoms with Gasteiger partial charge in [0.15, 0.2) is 0 Å². The molecule has 0 unspecified atom stereocenters. The first-order valence-corrected chi connectivity index (χ1v) is 10.2. The van der Waals surface area contributed by atoms with E-state index in [2.05, 4.69) is 15.8 Å². The molecule has 158 valence electrons. The summed E-state index contributed by atoms with van der Waals surface area (Å²) in [7, 11) is 0. The fourth-order valence-electron chi connectivity index (χ4n) is 2.82. The SMILES string of the molecule is O=C(NC[C@H]1CCCO1)C(=O)N/N=C\c1ccccc1OCc1ccc(Cl)cc1Cl. The molecule has 0 bridgehead atoms. The molecule has 1 fully saturated rings. The van der Waals surface area contributed by atoms with Crippen molar-refractivity contribution in [2.75, 3.05) is 13.2 Å². The number of carbonyl (C=O) groups is 2. The number of nitrogens with one attached hydrogen (secondary N) is 2. The number of hydrogen-bond acceptors (Lipinski definition) is 5. The molecule has 0 aliphatic carbocycles. The van der Waals surface area contributed by atoms with Crippen LogP contribution in [0, 0.1) is 0 Å². The quantitative estimate of drug-likeness (QED) is 0.385. The van der Waals surface area contributed by atoms with Gasteiger partial charge in [0, 0.05) is 34.3 Å². The highest BCUT2D eigenvalue weighted by atomic mass is 35.5. The van der Waals surface area contributed by atoms with E-state index in [-0.39, 0.29) is 12.7 Å². The molecule has 2 N–H and O–H groups in total. The molecule has 9 heteroatoms. The van der Waals surface area contributed by atoms with Gasteiger partial charge in [-0.1, -0.05) is 41.4 Å². The third-order valence-corrected chi connectivity index (χ3v) is 4.99. The van der Waals surface area contributed by atoms with Crippen LogP contribution >= 0.6 is 23.2 Å². The Labute approximate surface area is 184 Å². The minimum absolute atomic E-state index is 0.0385. The Morgan fingerprint density at radius 3 is 2.80 bits per heavy atom. The van der Waals surface area contributed by atoms with E-state index in [1.165, 1.54) is 6.21 Å². The first-order chi connectivity index (χ1) is 14.5. The van der Waals surface area contributed by atoms with E-state index < -0.39 is 11.8 Å². The number of nitrogens with zero attached hydrogens (tertiary/aromatic N) is 1. The van der Waals surface area contributed by atoms with E-state index in [0.717, 1.165) is 18.4 Å². The zero-order valence-corrected chi connectivity index (χ0v) is 17.6. The van der Waals surface area contributed by atoms with Crippen LogP contribution in [0.3, 0.4) is 0 Å². The van der Waals surface area contributed by atoms with Crippen molar-refractivity contribution in [3.63, 3.8) is 0 Å². The van der Waals surface area contributed by atoms with Crippen molar-refractivity contribution in [3.05, 3.63) is 63.6 Å². The lowest BCUT2D eigenvalue weighted by molar-refractivity contribution is -0.139. The van der Waals surface area contributed by atoms with E-state index in [1.54, 1.807) is 36.4 Å². The fraction of sp³-hybridized carbons (Fsp3) is 0.286. The number of halogens is 2. The third-order valence-electron chi connectivity index (χ3n) is 4.41. The predicted octanol–water partition coefficient (Wildman–Crippen LogP) is 3.32. The van der Waals surface area contributed by atoms with E-state index in [9.17, 15) is 9.59 Å². The second-order valence-corrected chi connectivity index (χ2v) is 7.45. The zero-order chi connectivity index (χ0) is 21.3. The summed E-state index contributed by atoms with van der Waals surface area (Å²) in [5.41, 5.74) is 3.62. The number of hydrogen-bond donors (Lipinski definition) is 2. The van der Waals surface area contributed by atoms with Crippen LogP contribution in [0.4, 0.5) is 0 Å². The van der Waals surface area contributed by atoms with E-state index in [4.69, 9.17) is 32.7 Å². The summed E-state index contributed by atoms with van der Waals surface area (Å²) < 4.78 is 11.2. The van der Waals surface area contributed by atoms with Gasteiger partial charge in [0.1, 0.15) is 12.4 Å². The molecule has 3 rings (SSSR count). The Bertz CT molecular complexity index is 930. The molecule has 2 amide bonds. The van der Waals surface area contributed by atoms with Gasteiger partial charge in [-0.15, -0.1) is 0 Å². The lowest BCUT2D eigenvalue weighted by Crippen LogP contribution is -2.41. The number of hydrazone groups is 1. The monoisotopic (exact) mass is 449 g/mol. The summed E-state index contributed by atoms with van der Waals surface area (Å²) in [6.45, 7) is 1.22. The largest absolute Gasteiger partial charge is 0.488 e. The highest BCUT2D eigenvalue weighted by Crippen LogP contribution is 2.23. The van der Waals surface area contributed by atoms with E-state index in [1.807, 2.05) is 6.07 Å². The molecule has 2 aromatic rings. The average molecular weight is 450 g/mol. The van der Waals surface area contributed by atoms with Crippen molar-refractivity contribution in [3.8, 4) is 5.75 Å². The van der Waals surface area contributed by atoms with Crippen LogP contribution in [-0.4, -0.2) is 37.3 Å². The minimum Gasteiger partial charge on any atom is -0.488 e. The Hall–Kier alpha value is -2.61. The second kappa shape index (κ2) is 11.0. The van der Waals surface area contributed by atoms with Crippen LogP contribution in [0.2, 0.25) is 10.0 Å². The van der Waals surface area contributed by atoms with Crippen molar-refractivity contribution in [2.45, 2.75) is 25.6 Å². The van der Waals surface area contributed by atoms with Crippen LogP contribution in [0.1, 0.15) is 24.0 Å². The van der Waals surface area contributed by atoms with Crippen LogP contribution < -0.4 is 15.5 Å². The highest BCUT2D eigenvalue weighted by molar-refractivity contribution is 6.35. The number of amides is 2. The highest BCUT2D eigenvalue weighted by Gasteiger charge is 2.19. The number of carbonyl (C=O) groups excluding carboxylic acids is 2. The van der Waals surface area contributed by atoms with Crippen molar-refractivity contribution in [2.24, 2.45) is 5.10 Å². The minimum atomic E-state index is -0.851. The lowest BCUT2D eigenvalue weighted by atomic mass is 10.2. The van der Waals surface area contributed by atoms with Crippen LogP contribution in [0.25, 0.3) is 0 Å². The first-order valence-electron chi connectivity index (χ1n) is 9.41. The van der Waals surface area contributed by atoms with Gasteiger partial charge in [-0.3, -0.25) is 9.59 Å². The average Bonchev–Trinajstić information content (AvgIpc) is 3.26. The molecule has 0 radical (unpaired) electrons.